The molecule has 0 fully saturated rings. The molecular formula is C13H15F2NO3. The Labute approximate surface area is 109 Å². The van der Waals surface area contributed by atoms with E-state index in [9.17, 15) is 18.4 Å². The number of nitrogens with one attached hydrogen (secondary N) is 1. The second-order valence-corrected chi connectivity index (χ2v) is 3.95. The first-order valence-corrected chi connectivity index (χ1v) is 5.73. The summed E-state index contributed by atoms with van der Waals surface area (Å²) in [5.74, 6) is -2.91. The number of likely N-dealkylation sites (N-methyl/N-ethyl adjacent to an activating group) is 1. The monoisotopic (exact) mass is 271 g/mol. The summed E-state index contributed by atoms with van der Waals surface area (Å²) in [7, 11) is 2.81. The first-order chi connectivity index (χ1) is 8.99. The first-order valence-electron chi connectivity index (χ1n) is 5.73. The van der Waals surface area contributed by atoms with Crippen LogP contribution in [0.5, 0.6) is 0 Å². The normalized spacial score (nSPS) is 12.0. The van der Waals surface area contributed by atoms with Gasteiger partial charge in [-0.1, -0.05) is 0 Å². The molecule has 0 bridgehead atoms. The van der Waals surface area contributed by atoms with E-state index in [0.717, 1.165) is 12.1 Å². The van der Waals surface area contributed by atoms with Gasteiger partial charge in [-0.3, -0.25) is 9.59 Å². The summed E-state index contributed by atoms with van der Waals surface area (Å²) < 4.78 is 30.3. The quantitative estimate of drug-likeness (QED) is 0.632. The van der Waals surface area contributed by atoms with Crippen LogP contribution >= 0.6 is 0 Å². The molecule has 0 aliphatic heterocycles. The first kappa shape index (κ1) is 15.2. The van der Waals surface area contributed by atoms with Crippen molar-refractivity contribution in [3.8, 4) is 0 Å². The zero-order valence-electron chi connectivity index (χ0n) is 10.7. The molecule has 1 unspecified atom stereocenters. The van der Waals surface area contributed by atoms with Crippen LogP contribution in [0.15, 0.2) is 18.2 Å². The summed E-state index contributed by atoms with van der Waals surface area (Å²) in [6, 6.07) is 2.31. The number of hydrogen-bond donors (Lipinski definition) is 1. The molecule has 0 saturated carbocycles. The highest BCUT2D eigenvalue weighted by Crippen LogP contribution is 2.12. The summed E-state index contributed by atoms with van der Waals surface area (Å²) in [5.41, 5.74) is 0.0584. The molecular weight excluding hydrogens is 256 g/mol. The van der Waals surface area contributed by atoms with Crippen LogP contribution in [0.2, 0.25) is 0 Å². The number of halogens is 2. The molecule has 1 N–H and O–H groups in total. The molecule has 0 saturated heterocycles. The van der Waals surface area contributed by atoms with Crippen molar-refractivity contribution in [3.63, 3.8) is 0 Å². The van der Waals surface area contributed by atoms with E-state index in [1.807, 2.05) is 0 Å². The minimum Gasteiger partial charge on any atom is -0.469 e. The lowest BCUT2D eigenvalue weighted by Gasteiger charge is -2.14. The molecule has 4 nitrogen and oxygen atoms in total. The van der Waals surface area contributed by atoms with Gasteiger partial charge >= 0.3 is 5.97 Å². The van der Waals surface area contributed by atoms with E-state index in [1.54, 1.807) is 7.05 Å². The van der Waals surface area contributed by atoms with Crippen molar-refractivity contribution in [1.29, 1.82) is 0 Å². The number of ether oxygens (including phenoxy) is 1. The minimum absolute atomic E-state index is 0.0584. The van der Waals surface area contributed by atoms with Crippen LogP contribution < -0.4 is 5.32 Å². The van der Waals surface area contributed by atoms with Crippen LogP contribution in [0.4, 0.5) is 8.78 Å². The number of rotatable bonds is 6. The Balaban J connectivity index is 2.77. The van der Waals surface area contributed by atoms with Crippen LogP contribution in [0.3, 0.4) is 0 Å². The van der Waals surface area contributed by atoms with Crippen LogP contribution in [0.1, 0.15) is 23.2 Å². The fourth-order valence-electron chi connectivity index (χ4n) is 1.62. The fraction of sp³-hybridized carbons (Fsp3) is 0.385. The fourth-order valence-corrected chi connectivity index (χ4v) is 1.62. The van der Waals surface area contributed by atoms with Crippen LogP contribution in [0.25, 0.3) is 0 Å². The number of benzene rings is 1. The highest BCUT2D eigenvalue weighted by Gasteiger charge is 2.20. The van der Waals surface area contributed by atoms with Gasteiger partial charge in [0, 0.05) is 12.0 Å². The van der Waals surface area contributed by atoms with Crippen LogP contribution in [-0.4, -0.2) is 32.0 Å². The average Bonchev–Trinajstić information content (AvgIpc) is 2.41. The predicted molar refractivity (Wildman–Crippen MR) is 64.8 cm³/mol. The molecule has 1 atom stereocenters. The highest BCUT2D eigenvalue weighted by atomic mass is 19.2. The van der Waals surface area contributed by atoms with Crippen molar-refractivity contribution in [2.75, 3.05) is 14.2 Å². The van der Waals surface area contributed by atoms with Gasteiger partial charge in [0.2, 0.25) is 0 Å². The molecule has 104 valence electrons. The number of carbonyl (C=O) groups excluding carboxylic acids is 2. The third-order valence-corrected chi connectivity index (χ3v) is 2.73. The van der Waals surface area contributed by atoms with Gasteiger partial charge in [-0.15, -0.1) is 0 Å². The lowest BCUT2D eigenvalue weighted by molar-refractivity contribution is -0.140. The second kappa shape index (κ2) is 6.94. The number of hydrogen-bond acceptors (Lipinski definition) is 4. The van der Waals surface area contributed by atoms with E-state index in [0.29, 0.717) is 0 Å². The van der Waals surface area contributed by atoms with Gasteiger partial charge in [-0.2, -0.15) is 0 Å². The number of ketones is 1. The van der Waals surface area contributed by atoms with Crippen molar-refractivity contribution in [3.05, 3.63) is 35.4 Å². The zero-order chi connectivity index (χ0) is 14.4. The largest absolute Gasteiger partial charge is 0.469 e. The Morgan fingerprint density at radius 1 is 1.32 bits per heavy atom. The van der Waals surface area contributed by atoms with Gasteiger partial charge < -0.3 is 10.1 Å². The summed E-state index contributed by atoms with van der Waals surface area (Å²) in [5, 5.41) is 2.74. The van der Waals surface area contributed by atoms with E-state index in [1.165, 1.54) is 13.2 Å². The average molecular weight is 271 g/mol. The molecule has 0 aliphatic rings. The summed E-state index contributed by atoms with van der Waals surface area (Å²) >= 11 is 0. The minimum atomic E-state index is -1.08. The maximum Gasteiger partial charge on any atom is 0.305 e. The van der Waals surface area contributed by atoms with Gasteiger partial charge in [-0.25, -0.2) is 8.78 Å². The van der Waals surface area contributed by atoms with Crippen LogP contribution in [-0.2, 0) is 9.53 Å². The lowest BCUT2D eigenvalue weighted by atomic mass is 10.00. The Morgan fingerprint density at radius 2 is 2.00 bits per heavy atom. The van der Waals surface area contributed by atoms with Crippen LogP contribution in [0, 0.1) is 11.6 Å². The number of esters is 1. The molecule has 6 heteroatoms. The topological polar surface area (TPSA) is 55.4 Å². The molecule has 19 heavy (non-hydrogen) atoms. The maximum absolute atomic E-state index is 13.1. The molecule has 0 aliphatic carbocycles. The maximum atomic E-state index is 13.1. The van der Waals surface area contributed by atoms with Gasteiger partial charge in [-0.05, 0) is 31.7 Å². The van der Waals surface area contributed by atoms with Crippen molar-refractivity contribution in [1.82, 2.24) is 5.32 Å². The number of carbonyl (C=O) groups is 2. The Morgan fingerprint density at radius 3 is 2.53 bits per heavy atom. The Hall–Kier alpha value is -1.82. The van der Waals surface area contributed by atoms with Crippen molar-refractivity contribution >= 4 is 11.8 Å². The van der Waals surface area contributed by atoms with Gasteiger partial charge in [0.1, 0.15) is 0 Å². The molecule has 1 rings (SSSR count). The molecule has 0 radical (unpaired) electrons. The van der Waals surface area contributed by atoms with Crippen molar-refractivity contribution < 1.29 is 23.1 Å². The zero-order valence-corrected chi connectivity index (χ0v) is 10.7. The molecule has 0 aromatic heterocycles. The lowest BCUT2D eigenvalue weighted by Crippen LogP contribution is -2.34. The third-order valence-electron chi connectivity index (χ3n) is 2.73. The third kappa shape index (κ3) is 4.10. The predicted octanol–water partition coefficient (Wildman–Crippen LogP) is 1.69. The molecule has 0 spiro atoms. The summed E-state index contributed by atoms with van der Waals surface area (Å²) in [6.07, 6.45) is 0.290. The van der Waals surface area contributed by atoms with E-state index in [-0.39, 0.29) is 18.4 Å². The Bertz CT molecular complexity index is 477. The van der Waals surface area contributed by atoms with Gasteiger partial charge in [0.25, 0.3) is 0 Å². The summed E-state index contributed by atoms with van der Waals surface area (Å²) in [6.45, 7) is 0. The smallest absolute Gasteiger partial charge is 0.305 e. The highest BCUT2D eigenvalue weighted by molar-refractivity contribution is 6.00. The SMILES string of the molecule is CNC(CCC(=O)OC)C(=O)c1ccc(F)c(F)c1. The number of Topliss-reactive ketones (excluding diaryl/α,β-unsaturated/α-hetero) is 1. The number of methoxy groups -OCH3 is 1. The van der Waals surface area contributed by atoms with Crippen molar-refractivity contribution in [2.24, 2.45) is 0 Å². The molecule has 0 amide bonds. The van der Waals surface area contributed by atoms with Gasteiger partial charge in [0.15, 0.2) is 17.4 Å². The van der Waals surface area contributed by atoms with E-state index < -0.39 is 29.4 Å². The van der Waals surface area contributed by atoms with Gasteiger partial charge in [0.05, 0.1) is 13.2 Å². The second-order valence-electron chi connectivity index (χ2n) is 3.95. The Kier molecular flexibility index (Phi) is 5.57. The molecule has 0 heterocycles. The summed E-state index contributed by atoms with van der Waals surface area (Å²) in [4.78, 5) is 23.1. The van der Waals surface area contributed by atoms with E-state index >= 15 is 0 Å². The van der Waals surface area contributed by atoms with E-state index in [4.69, 9.17) is 0 Å². The molecule has 1 aromatic carbocycles. The standard InChI is InChI=1S/C13H15F2NO3/c1-16-11(5-6-12(17)19-2)13(18)8-3-4-9(14)10(15)7-8/h3-4,7,11,16H,5-6H2,1-2H3. The van der Waals surface area contributed by atoms with Crippen molar-refractivity contribution in [2.45, 2.75) is 18.9 Å². The van der Waals surface area contributed by atoms with E-state index in [2.05, 4.69) is 10.1 Å². The molecule has 1 aromatic rings.